The molecule has 1 unspecified atom stereocenters. The fourth-order valence-corrected chi connectivity index (χ4v) is 1.88. The van der Waals surface area contributed by atoms with Crippen molar-refractivity contribution in [1.29, 1.82) is 0 Å². The Morgan fingerprint density at radius 1 is 1.62 bits per heavy atom. The maximum atomic E-state index is 5.76. The molecule has 0 aliphatic carbocycles. The van der Waals surface area contributed by atoms with E-state index < -0.39 is 0 Å². The average Bonchev–Trinajstić information content (AvgIpc) is 2.96. The first-order chi connectivity index (χ1) is 9.78. The first kappa shape index (κ1) is 18.0. The van der Waals surface area contributed by atoms with E-state index in [0.717, 1.165) is 31.6 Å². The lowest BCUT2D eigenvalue weighted by molar-refractivity contribution is 0.138. The minimum atomic E-state index is 0. The summed E-state index contributed by atoms with van der Waals surface area (Å²) in [6.45, 7) is 4.83. The van der Waals surface area contributed by atoms with Crippen LogP contribution in [-0.2, 0) is 11.3 Å². The third-order valence-electron chi connectivity index (χ3n) is 2.96. The quantitative estimate of drug-likeness (QED) is 0.427. The van der Waals surface area contributed by atoms with Crippen LogP contribution in [0.3, 0.4) is 0 Å². The lowest BCUT2D eigenvalue weighted by Crippen LogP contribution is -2.32. The van der Waals surface area contributed by atoms with Gasteiger partial charge in [-0.2, -0.15) is 0 Å². The van der Waals surface area contributed by atoms with Gasteiger partial charge in [-0.25, -0.2) is 9.98 Å². The smallest absolute Gasteiger partial charge is 0.213 e. The molecule has 0 saturated carbocycles. The Balaban J connectivity index is 0.00000220. The van der Waals surface area contributed by atoms with Gasteiger partial charge in [0.15, 0.2) is 5.96 Å². The van der Waals surface area contributed by atoms with Crippen LogP contribution in [0.5, 0.6) is 5.88 Å². The highest BCUT2D eigenvalue weighted by atomic mass is 127. The third-order valence-corrected chi connectivity index (χ3v) is 2.96. The average molecular weight is 406 g/mol. The zero-order valence-electron chi connectivity index (χ0n) is 12.2. The number of nitrogens with zero attached hydrogens (tertiary/aromatic N) is 2. The summed E-state index contributed by atoms with van der Waals surface area (Å²) in [5, 5.41) is 3.04. The summed E-state index contributed by atoms with van der Waals surface area (Å²) >= 11 is 0. The SMILES string of the molecule is CCCNC(N)=NCc1ccnc(OC2CCOC2)c1.I. The van der Waals surface area contributed by atoms with Gasteiger partial charge in [0, 0.05) is 25.2 Å². The predicted molar refractivity (Wildman–Crippen MR) is 93.1 cm³/mol. The summed E-state index contributed by atoms with van der Waals surface area (Å²) in [6, 6.07) is 3.81. The fourth-order valence-electron chi connectivity index (χ4n) is 1.88. The van der Waals surface area contributed by atoms with Crippen molar-refractivity contribution in [2.45, 2.75) is 32.4 Å². The Bertz CT molecular complexity index is 450. The van der Waals surface area contributed by atoms with E-state index >= 15 is 0 Å². The Morgan fingerprint density at radius 3 is 3.19 bits per heavy atom. The number of pyridine rings is 1. The van der Waals surface area contributed by atoms with Crippen molar-refractivity contribution >= 4 is 29.9 Å². The van der Waals surface area contributed by atoms with Gasteiger partial charge in [0.25, 0.3) is 0 Å². The number of nitrogens with one attached hydrogen (secondary N) is 1. The normalized spacial score (nSPS) is 18.1. The molecule has 2 heterocycles. The minimum absolute atomic E-state index is 0. The molecule has 21 heavy (non-hydrogen) atoms. The molecule has 1 aromatic heterocycles. The Morgan fingerprint density at radius 2 is 2.48 bits per heavy atom. The molecular weight excluding hydrogens is 383 g/mol. The second-order valence-electron chi connectivity index (χ2n) is 4.73. The maximum absolute atomic E-state index is 5.76. The van der Waals surface area contributed by atoms with E-state index in [1.165, 1.54) is 0 Å². The van der Waals surface area contributed by atoms with Crippen LogP contribution in [-0.4, -0.2) is 36.8 Å². The van der Waals surface area contributed by atoms with Gasteiger partial charge in [0.2, 0.25) is 5.88 Å². The maximum Gasteiger partial charge on any atom is 0.213 e. The molecule has 0 amide bonds. The molecule has 0 spiro atoms. The van der Waals surface area contributed by atoms with E-state index in [1.807, 2.05) is 12.1 Å². The molecule has 1 aliphatic rings. The number of guanidine groups is 1. The molecule has 0 bridgehead atoms. The number of ether oxygens (including phenoxy) is 2. The van der Waals surface area contributed by atoms with Crippen molar-refractivity contribution in [3.63, 3.8) is 0 Å². The number of rotatable bonds is 6. The van der Waals surface area contributed by atoms with Crippen LogP contribution in [0.2, 0.25) is 0 Å². The van der Waals surface area contributed by atoms with E-state index in [4.69, 9.17) is 15.2 Å². The molecule has 1 aromatic rings. The summed E-state index contributed by atoms with van der Waals surface area (Å²) < 4.78 is 11.0. The molecule has 0 radical (unpaired) electrons. The Hall–Kier alpha value is -1.09. The zero-order valence-corrected chi connectivity index (χ0v) is 14.6. The first-order valence-electron chi connectivity index (χ1n) is 7.01. The van der Waals surface area contributed by atoms with Crippen molar-refractivity contribution in [3.8, 4) is 5.88 Å². The topological polar surface area (TPSA) is 81.8 Å². The molecule has 7 heteroatoms. The summed E-state index contributed by atoms with van der Waals surface area (Å²) in [5.41, 5.74) is 6.78. The largest absolute Gasteiger partial charge is 0.472 e. The van der Waals surface area contributed by atoms with Gasteiger partial charge in [-0.05, 0) is 18.1 Å². The minimum Gasteiger partial charge on any atom is -0.472 e. The summed E-state index contributed by atoms with van der Waals surface area (Å²) in [6.07, 6.45) is 3.77. The lowest BCUT2D eigenvalue weighted by atomic mass is 10.2. The van der Waals surface area contributed by atoms with Crippen LogP contribution in [0.4, 0.5) is 0 Å². The molecule has 0 aromatic carbocycles. The highest BCUT2D eigenvalue weighted by Gasteiger charge is 2.17. The number of hydrogen-bond donors (Lipinski definition) is 2. The second kappa shape index (κ2) is 9.78. The summed E-state index contributed by atoms with van der Waals surface area (Å²) in [4.78, 5) is 8.49. The standard InChI is InChI=1S/C14H22N4O2.HI/c1-2-5-17-14(15)18-9-11-3-6-16-13(8-11)20-12-4-7-19-10-12;/h3,6,8,12H,2,4-5,7,9-10H2,1H3,(H3,15,17,18);1H. The molecular formula is C14H23IN4O2. The van der Waals surface area contributed by atoms with Gasteiger partial charge in [0.1, 0.15) is 6.10 Å². The van der Waals surface area contributed by atoms with Crippen molar-refractivity contribution in [2.24, 2.45) is 10.7 Å². The molecule has 1 aliphatic heterocycles. The molecule has 6 nitrogen and oxygen atoms in total. The van der Waals surface area contributed by atoms with E-state index in [-0.39, 0.29) is 30.1 Å². The number of aliphatic imine (C=N–C) groups is 1. The molecule has 1 atom stereocenters. The lowest BCUT2D eigenvalue weighted by Gasteiger charge is -2.11. The highest BCUT2D eigenvalue weighted by molar-refractivity contribution is 14.0. The number of nitrogens with two attached hydrogens (primary N) is 1. The van der Waals surface area contributed by atoms with Crippen LogP contribution in [0.1, 0.15) is 25.3 Å². The van der Waals surface area contributed by atoms with Gasteiger partial charge >= 0.3 is 0 Å². The van der Waals surface area contributed by atoms with Crippen molar-refractivity contribution < 1.29 is 9.47 Å². The fraction of sp³-hybridized carbons (Fsp3) is 0.571. The van der Waals surface area contributed by atoms with Crippen molar-refractivity contribution in [2.75, 3.05) is 19.8 Å². The van der Waals surface area contributed by atoms with E-state index in [1.54, 1.807) is 6.20 Å². The summed E-state index contributed by atoms with van der Waals surface area (Å²) in [7, 11) is 0. The van der Waals surface area contributed by atoms with Gasteiger partial charge in [0.05, 0.1) is 19.8 Å². The molecule has 2 rings (SSSR count). The van der Waals surface area contributed by atoms with Gasteiger partial charge in [-0.3, -0.25) is 0 Å². The van der Waals surface area contributed by atoms with Gasteiger partial charge in [-0.15, -0.1) is 24.0 Å². The third kappa shape index (κ3) is 6.47. The number of hydrogen-bond acceptors (Lipinski definition) is 4. The number of halogens is 1. The predicted octanol–water partition coefficient (Wildman–Crippen LogP) is 1.68. The second-order valence-corrected chi connectivity index (χ2v) is 4.73. The Kier molecular flexibility index (Phi) is 8.36. The van der Waals surface area contributed by atoms with Gasteiger partial charge < -0.3 is 20.5 Å². The van der Waals surface area contributed by atoms with Crippen LogP contribution < -0.4 is 15.8 Å². The van der Waals surface area contributed by atoms with Crippen molar-refractivity contribution in [1.82, 2.24) is 10.3 Å². The highest BCUT2D eigenvalue weighted by Crippen LogP contribution is 2.16. The van der Waals surface area contributed by atoms with E-state index in [0.29, 0.717) is 25.0 Å². The molecule has 118 valence electrons. The number of aromatic nitrogens is 1. The first-order valence-corrected chi connectivity index (χ1v) is 7.01. The molecule has 1 fully saturated rings. The monoisotopic (exact) mass is 406 g/mol. The van der Waals surface area contributed by atoms with Crippen LogP contribution in [0, 0.1) is 0 Å². The van der Waals surface area contributed by atoms with Crippen LogP contribution in [0.25, 0.3) is 0 Å². The summed E-state index contributed by atoms with van der Waals surface area (Å²) in [5.74, 6) is 1.09. The zero-order chi connectivity index (χ0) is 14.2. The van der Waals surface area contributed by atoms with Crippen LogP contribution in [0.15, 0.2) is 23.3 Å². The van der Waals surface area contributed by atoms with Crippen molar-refractivity contribution in [3.05, 3.63) is 23.9 Å². The van der Waals surface area contributed by atoms with Crippen LogP contribution >= 0.6 is 24.0 Å². The van der Waals surface area contributed by atoms with E-state index in [2.05, 4.69) is 22.2 Å². The van der Waals surface area contributed by atoms with Gasteiger partial charge in [-0.1, -0.05) is 6.92 Å². The molecule has 3 N–H and O–H groups in total. The Labute approximate surface area is 142 Å². The molecule has 1 saturated heterocycles. The van der Waals surface area contributed by atoms with E-state index in [9.17, 15) is 0 Å².